The predicted octanol–water partition coefficient (Wildman–Crippen LogP) is 3.47. The summed E-state index contributed by atoms with van der Waals surface area (Å²) in [7, 11) is 1.56. The van der Waals surface area contributed by atoms with Crippen molar-refractivity contribution in [2.45, 2.75) is 13.5 Å². The van der Waals surface area contributed by atoms with Crippen molar-refractivity contribution in [2.75, 3.05) is 12.4 Å². The summed E-state index contributed by atoms with van der Waals surface area (Å²) < 4.78 is 6.68. The van der Waals surface area contributed by atoms with Crippen LogP contribution in [0.5, 0.6) is 5.75 Å². The fourth-order valence-electron chi connectivity index (χ4n) is 2.62. The zero-order valence-electron chi connectivity index (χ0n) is 14.7. The topological polar surface area (TPSA) is 60.3 Å². The van der Waals surface area contributed by atoms with Gasteiger partial charge in [0.2, 0.25) is 0 Å². The van der Waals surface area contributed by atoms with Gasteiger partial charge in [0, 0.05) is 18.0 Å². The zero-order valence-corrected chi connectivity index (χ0v) is 14.7. The Morgan fingerprint density at radius 3 is 2.58 bits per heavy atom. The van der Waals surface area contributed by atoms with E-state index in [1.54, 1.807) is 43.6 Å². The summed E-state index contributed by atoms with van der Waals surface area (Å²) in [6.07, 6.45) is 1.69. The molecule has 1 heterocycles. The monoisotopic (exact) mass is 348 g/mol. The Bertz CT molecular complexity index is 975. The number of hydrogen-bond acceptors (Lipinski definition) is 3. The smallest absolute Gasteiger partial charge is 0.263 e. The molecule has 1 aromatic heterocycles. The predicted molar refractivity (Wildman–Crippen MR) is 102 cm³/mol. The van der Waals surface area contributed by atoms with Crippen LogP contribution in [0.25, 0.3) is 0 Å². The van der Waals surface area contributed by atoms with Crippen LogP contribution in [-0.2, 0) is 6.54 Å². The summed E-state index contributed by atoms with van der Waals surface area (Å²) in [4.78, 5) is 25.2. The summed E-state index contributed by atoms with van der Waals surface area (Å²) in [5.41, 5.74) is 2.51. The Hall–Kier alpha value is -3.34. The molecule has 1 N–H and O–H groups in total. The van der Waals surface area contributed by atoms with Crippen molar-refractivity contribution in [3.8, 4) is 5.75 Å². The van der Waals surface area contributed by atoms with Gasteiger partial charge in [-0.25, -0.2) is 0 Å². The van der Waals surface area contributed by atoms with Crippen molar-refractivity contribution in [1.29, 1.82) is 0 Å². The van der Waals surface area contributed by atoms with Crippen LogP contribution in [0.15, 0.2) is 71.7 Å². The molecule has 2 aromatic carbocycles. The molecule has 0 atom stereocenters. The van der Waals surface area contributed by atoms with Crippen LogP contribution >= 0.6 is 0 Å². The normalized spacial score (nSPS) is 10.4. The summed E-state index contributed by atoms with van der Waals surface area (Å²) in [6, 6.07) is 18.2. The van der Waals surface area contributed by atoms with Crippen LogP contribution in [0, 0.1) is 6.92 Å². The molecular formula is C21H20N2O3. The number of aromatic nitrogens is 1. The van der Waals surface area contributed by atoms with Gasteiger partial charge in [-0.2, -0.15) is 0 Å². The number of pyridine rings is 1. The first-order chi connectivity index (χ1) is 12.6. The second kappa shape index (κ2) is 7.70. The van der Waals surface area contributed by atoms with E-state index in [2.05, 4.69) is 5.32 Å². The maximum atomic E-state index is 12.7. The number of hydrogen-bond donors (Lipinski definition) is 1. The van der Waals surface area contributed by atoms with Crippen LogP contribution < -0.4 is 15.6 Å². The summed E-state index contributed by atoms with van der Waals surface area (Å²) in [5.74, 6) is 0.189. The number of benzene rings is 2. The molecule has 1 amide bonds. The van der Waals surface area contributed by atoms with Crippen LogP contribution in [0.3, 0.4) is 0 Å². The molecule has 3 aromatic rings. The van der Waals surface area contributed by atoms with Gasteiger partial charge >= 0.3 is 0 Å². The van der Waals surface area contributed by atoms with E-state index in [4.69, 9.17) is 4.74 Å². The second-order valence-corrected chi connectivity index (χ2v) is 6.03. The van der Waals surface area contributed by atoms with E-state index in [0.29, 0.717) is 18.0 Å². The highest BCUT2D eigenvalue weighted by Gasteiger charge is 2.13. The molecule has 0 saturated carbocycles. The minimum Gasteiger partial charge on any atom is -0.497 e. The molecule has 5 heteroatoms. The van der Waals surface area contributed by atoms with Gasteiger partial charge in [-0.15, -0.1) is 0 Å². The molecule has 0 aliphatic carbocycles. The van der Waals surface area contributed by atoms with Gasteiger partial charge in [0.15, 0.2) is 0 Å². The number of methoxy groups -OCH3 is 1. The summed E-state index contributed by atoms with van der Waals surface area (Å²) in [6.45, 7) is 2.43. The van der Waals surface area contributed by atoms with Crippen molar-refractivity contribution in [2.24, 2.45) is 0 Å². The van der Waals surface area contributed by atoms with Crippen molar-refractivity contribution >= 4 is 11.6 Å². The third kappa shape index (κ3) is 4.00. The van der Waals surface area contributed by atoms with Gasteiger partial charge in [-0.05, 0) is 36.8 Å². The molecule has 26 heavy (non-hydrogen) atoms. The third-order valence-electron chi connectivity index (χ3n) is 4.07. The lowest BCUT2D eigenvalue weighted by Crippen LogP contribution is -2.29. The molecule has 0 unspecified atom stereocenters. The maximum Gasteiger partial charge on any atom is 0.263 e. The number of anilines is 1. The van der Waals surface area contributed by atoms with Crippen molar-refractivity contribution < 1.29 is 9.53 Å². The SMILES string of the molecule is COc1cccc(NC(=O)c2cccn(Cc3ccc(C)cc3)c2=O)c1. The summed E-state index contributed by atoms with van der Waals surface area (Å²) >= 11 is 0. The van der Waals surface area contributed by atoms with Crippen LogP contribution in [0.2, 0.25) is 0 Å². The number of aryl methyl sites for hydroxylation is 1. The van der Waals surface area contributed by atoms with E-state index < -0.39 is 5.91 Å². The molecule has 0 radical (unpaired) electrons. The standard InChI is InChI=1S/C21H20N2O3/c1-15-8-10-16(11-9-15)14-23-12-4-7-19(21(23)25)20(24)22-17-5-3-6-18(13-17)26-2/h3-13H,14H2,1-2H3,(H,22,24). The Labute approximate surface area is 151 Å². The number of nitrogens with one attached hydrogen (secondary N) is 1. The van der Waals surface area contributed by atoms with Crippen molar-refractivity contribution in [3.63, 3.8) is 0 Å². The first-order valence-corrected chi connectivity index (χ1v) is 8.27. The first-order valence-electron chi connectivity index (χ1n) is 8.27. The van der Waals surface area contributed by atoms with E-state index in [-0.39, 0.29) is 11.1 Å². The van der Waals surface area contributed by atoms with E-state index in [9.17, 15) is 9.59 Å². The molecule has 0 bridgehead atoms. The Morgan fingerprint density at radius 2 is 1.85 bits per heavy atom. The molecule has 0 saturated heterocycles. The maximum absolute atomic E-state index is 12.7. The lowest BCUT2D eigenvalue weighted by atomic mass is 10.1. The van der Waals surface area contributed by atoms with Crippen LogP contribution in [0.4, 0.5) is 5.69 Å². The fraction of sp³-hybridized carbons (Fsp3) is 0.143. The number of ether oxygens (including phenoxy) is 1. The minimum absolute atomic E-state index is 0.0995. The van der Waals surface area contributed by atoms with Gasteiger partial charge in [0.05, 0.1) is 13.7 Å². The average Bonchev–Trinajstić information content (AvgIpc) is 2.65. The molecule has 0 aliphatic heterocycles. The highest BCUT2D eigenvalue weighted by Crippen LogP contribution is 2.17. The number of amides is 1. The number of carbonyl (C=O) groups excluding carboxylic acids is 1. The van der Waals surface area contributed by atoms with Crippen molar-refractivity contribution in [1.82, 2.24) is 4.57 Å². The van der Waals surface area contributed by atoms with Gasteiger partial charge in [-0.3, -0.25) is 9.59 Å². The molecule has 0 spiro atoms. The second-order valence-electron chi connectivity index (χ2n) is 6.03. The van der Waals surface area contributed by atoms with Gasteiger partial charge < -0.3 is 14.6 Å². The fourth-order valence-corrected chi connectivity index (χ4v) is 2.62. The Kier molecular flexibility index (Phi) is 5.17. The number of carbonyl (C=O) groups is 1. The lowest BCUT2D eigenvalue weighted by molar-refractivity contribution is 0.102. The van der Waals surface area contributed by atoms with Gasteiger partial charge in [0.1, 0.15) is 11.3 Å². The van der Waals surface area contributed by atoms with E-state index in [1.165, 1.54) is 10.6 Å². The first kappa shape index (κ1) is 17.5. The highest BCUT2D eigenvalue weighted by molar-refractivity contribution is 6.04. The van der Waals surface area contributed by atoms with Gasteiger partial charge in [0.25, 0.3) is 11.5 Å². The molecular weight excluding hydrogens is 328 g/mol. The molecule has 0 fully saturated rings. The molecule has 0 aliphatic rings. The number of rotatable bonds is 5. The molecule has 5 nitrogen and oxygen atoms in total. The molecule has 3 rings (SSSR count). The third-order valence-corrected chi connectivity index (χ3v) is 4.07. The quantitative estimate of drug-likeness (QED) is 0.768. The van der Waals surface area contributed by atoms with Crippen molar-refractivity contribution in [3.05, 3.63) is 93.9 Å². The molecule has 132 valence electrons. The zero-order chi connectivity index (χ0) is 18.5. The van der Waals surface area contributed by atoms with E-state index >= 15 is 0 Å². The van der Waals surface area contributed by atoms with Crippen LogP contribution in [-0.4, -0.2) is 17.6 Å². The van der Waals surface area contributed by atoms with E-state index in [1.807, 2.05) is 31.2 Å². The van der Waals surface area contributed by atoms with Crippen LogP contribution in [0.1, 0.15) is 21.5 Å². The highest BCUT2D eigenvalue weighted by atomic mass is 16.5. The Morgan fingerprint density at radius 1 is 1.08 bits per heavy atom. The van der Waals surface area contributed by atoms with Gasteiger partial charge in [-0.1, -0.05) is 35.9 Å². The largest absolute Gasteiger partial charge is 0.497 e. The lowest BCUT2D eigenvalue weighted by Gasteiger charge is -2.10. The Balaban J connectivity index is 1.82. The number of nitrogens with zero attached hydrogens (tertiary/aromatic N) is 1. The average molecular weight is 348 g/mol. The minimum atomic E-state index is -0.443. The summed E-state index contributed by atoms with van der Waals surface area (Å²) in [5, 5.41) is 2.74. The van der Waals surface area contributed by atoms with E-state index in [0.717, 1.165) is 11.1 Å².